The van der Waals surface area contributed by atoms with Gasteiger partial charge in [-0.3, -0.25) is 9.59 Å². The van der Waals surface area contributed by atoms with Gasteiger partial charge in [-0.25, -0.2) is 0 Å². The van der Waals surface area contributed by atoms with Crippen molar-refractivity contribution in [1.29, 1.82) is 0 Å². The normalized spacial score (nSPS) is 12.2. The lowest BCUT2D eigenvalue weighted by atomic mass is 10.2. The Kier molecular flexibility index (Phi) is 3.99. The fourth-order valence-electron chi connectivity index (χ4n) is 2.43. The van der Waals surface area contributed by atoms with Crippen LogP contribution < -0.4 is 14.8 Å². The predicted octanol–water partition coefficient (Wildman–Crippen LogP) is 3.23. The average molecular weight is 355 g/mol. The molecule has 0 saturated carbocycles. The Hall–Kier alpha value is -3.06. The minimum Gasteiger partial charge on any atom is -0.461 e. The third-order valence-corrected chi connectivity index (χ3v) is 4.77. The smallest absolute Gasteiger partial charge is 0.251 e. The maximum atomic E-state index is 12.3. The summed E-state index contributed by atoms with van der Waals surface area (Å²) >= 11 is 1.33. The second-order valence-electron chi connectivity index (χ2n) is 5.32. The van der Waals surface area contributed by atoms with Crippen LogP contribution in [0.5, 0.6) is 11.5 Å². The fourth-order valence-corrected chi connectivity index (χ4v) is 3.32. The Morgan fingerprint density at radius 1 is 1.08 bits per heavy atom. The lowest BCUT2D eigenvalue weighted by Crippen LogP contribution is -2.22. The van der Waals surface area contributed by atoms with Crippen LogP contribution in [0.4, 0.5) is 0 Å². The summed E-state index contributed by atoms with van der Waals surface area (Å²) in [5, 5.41) is 2.83. The molecule has 7 heteroatoms. The van der Waals surface area contributed by atoms with Crippen molar-refractivity contribution in [3.8, 4) is 11.5 Å². The number of carbonyl (C=O) groups excluding carboxylic acids is 2. The maximum absolute atomic E-state index is 12.3. The van der Waals surface area contributed by atoms with Gasteiger partial charge in [0.2, 0.25) is 12.6 Å². The van der Waals surface area contributed by atoms with Crippen molar-refractivity contribution in [1.82, 2.24) is 5.32 Å². The molecule has 1 aromatic carbocycles. The molecule has 3 heterocycles. The highest BCUT2D eigenvalue weighted by Crippen LogP contribution is 2.32. The van der Waals surface area contributed by atoms with E-state index in [9.17, 15) is 9.59 Å². The van der Waals surface area contributed by atoms with Crippen LogP contribution in [0.2, 0.25) is 0 Å². The summed E-state index contributed by atoms with van der Waals surface area (Å²) < 4.78 is 15.6. The molecule has 25 heavy (non-hydrogen) atoms. The Morgan fingerprint density at radius 3 is 2.80 bits per heavy atom. The van der Waals surface area contributed by atoms with Gasteiger partial charge in [-0.15, -0.1) is 11.3 Å². The van der Waals surface area contributed by atoms with Gasteiger partial charge in [-0.1, -0.05) is 0 Å². The largest absolute Gasteiger partial charge is 0.461 e. The van der Waals surface area contributed by atoms with E-state index in [0.29, 0.717) is 34.2 Å². The van der Waals surface area contributed by atoms with Crippen molar-refractivity contribution >= 4 is 23.0 Å². The molecule has 0 aliphatic carbocycles. The molecule has 1 N–H and O–H groups in total. The van der Waals surface area contributed by atoms with Gasteiger partial charge in [-0.2, -0.15) is 0 Å². The van der Waals surface area contributed by atoms with Gasteiger partial charge in [-0.05, 0) is 42.5 Å². The van der Waals surface area contributed by atoms with E-state index in [1.807, 2.05) is 6.07 Å². The van der Waals surface area contributed by atoms with Crippen LogP contribution in [0.3, 0.4) is 0 Å². The standard InChI is InChI=1S/C18H13NO5S/c20-17(14-2-1-7-22-14)16-6-4-12(25-16)9-19-18(21)11-3-5-13-15(8-11)24-10-23-13/h1-8H,9-10H2,(H,19,21). The topological polar surface area (TPSA) is 77.8 Å². The van der Waals surface area contributed by atoms with Crippen molar-refractivity contribution in [3.63, 3.8) is 0 Å². The van der Waals surface area contributed by atoms with E-state index in [2.05, 4.69) is 5.32 Å². The Morgan fingerprint density at radius 2 is 1.96 bits per heavy atom. The van der Waals surface area contributed by atoms with Gasteiger partial charge in [0, 0.05) is 10.4 Å². The van der Waals surface area contributed by atoms with Crippen LogP contribution in [0.25, 0.3) is 0 Å². The SMILES string of the molecule is O=C(NCc1ccc(C(=O)c2ccco2)s1)c1ccc2c(c1)OCO2. The van der Waals surface area contributed by atoms with E-state index in [1.165, 1.54) is 17.6 Å². The first-order valence-corrected chi connectivity index (χ1v) is 8.37. The Balaban J connectivity index is 1.40. The number of carbonyl (C=O) groups is 2. The summed E-state index contributed by atoms with van der Waals surface area (Å²) in [6, 6.07) is 11.9. The fraction of sp³-hybridized carbons (Fsp3) is 0.111. The second-order valence-corrected chi connectivity index (χ2v) is 6.49. The summed E-state index contributed by atoms with van der Waals surface area (Å²) in [7, 11) is 0. The van der Waals surface area contributed by atoms with Crippen molar-refractivity contribution in [2.75, 3.05) is 6.79 Å². The first-order chi connectivity index (χ1) is 12.2. The number of nitrogens with one attached hydrogen (secondary N) is 1. The van der Waals surface area contributed by atoms with Crippen LogP contribution in [-0.2, 0) is 6.54 Å². The van der Waals surface area contributed by atoms with Gasteiger partial charge in [0.25, 0.3) is 5.91 Å². The molecule has 3 aromatic rings. The van der Waals surface area contributed by atoms with Crippen molar-refractivity contribution in [2.24, 2.45) is 0 Å². The molecule has 1 aliphatic rings. The van der Waals surface area contributed by atoms with E-state index in [0.717, 1.165) is 4.88 Å². The monoisotopic (exact) mass is 355 g/mol. The highest BCUT2D eigenvalue weighted by molar-refractivity contribution is 7.14. The number of rotatable bonds is 5. The number of furan rings is 1. The predicted molar refractivity (Wildman–Crippen MR) is 90.2 cm³/mol. The molecule has 0 spiro atoms. The molecule has 1 amide bonds. The molecule has 6 nitrogen and oxygen atoms in total. The van der Waals surface area contributed by atoms with E-state index in [4.69, 9.17) is 13.9 Å². The number of ketones is 1. The van der Waals surface area contributed by atoms with Crippen LogP contribution in [-0.4, -0.2) is 18.5 Å². The molecule has 0 unspecified atom stereocenters. The van der Waals surface area contributed by atoms with E-state index < -0.39 is 0 Å². The number of hydrogen-bond acceptors (Lipinski definition) is 6. The number of benzene rings is 1. The lowest BCUT2D eigenvalue weighted by molar-refractivity contribution is 0.0950. The number of ether oxygens (including phenoxy) is 2. The summed E-state index contributed by atoms with van der Waals surface area (Å²) in [6.45, 7) is 0.505. The molecular formula is C18H13NO5S. The van der Waals surface area contributed by atoms with Crippen LogP contribution in [0.1, 0.15) is 30.7 Å². The molecule has 4 rings (SSSR count). The van der Waals surface area contributed by atoms with Gasteiger partial charge in [0.1, 0.15) is 0 Å². The molecule has 2 aromatic heterocycles. The minimum absolute atomic E-state index is 0.164. The highest BCUT2D eigenvalue weighted by atomic mass is 32.1. The quantitative estimate of drug-likeness (QED) is 0.711. The molecular weight excluding hydrogens is 342 g/mol. The highest BCUT2D eigenvalue weighted by Gasteiger charge is 2.17. The number of thiophene rings is 1. The lowest BCUT2D eigenvalue weighted by Gasteiger charge is -2.04. The number of amides is 1. The first-order valence-electron chi connectivity index (χ1n) is 7.55. The van der Waals surface area contributed by atoms with E-state index in [1.54, 1.807) is 36.4 Å². The van der Waals surface area contributed by atoms with Gasteiger partial charge >= 0.3 is 0 Å². The van der Waals surface area contributed by atoms with Crippen LogP contribution in [0, 0.1) is 0 Å². The molecule has 0 bridgehead atoms. The molecule has 0 saturated heterocycles. The van der Waals surface area contributed by atoms with Crippen molar-refractivity contribution in [2.45, 2.75) is 6.54 Å². The van der Waals surface area contributed by atoms with Crippen molar-refractivity contribution in [3.05, 3.63) is 69.8 Å². The molecule has 0 fully saturated rings. The first kappa shape index (κ1) is 15.5. The zero-order valence-electron chi connectivity index (χ0n) is 13.0. The van der Waals surface area contributed by atoms with Crippen molar-refractivity contribution < 1.29 is 23.5 Å². The van der Waals surface area contributed by atoms with E-state index in [-0.39, 0.29) is 18.5 Å². The second kappa shape index (κ2) is 6.45. The Bertz CT molecular complexity index is 929. The van der Waals surface area contributed by atoms with Gasteiger partial charge in [0.15, 0.2) is 17.3 Å². The summed E-state index contributed by atoms with van der Waals surface area (Å²) in [4.78, 5) is 25.9. The Labute approximate surface area is 147 Å². The molecule has 1 aliphatic heterocycles. The molecule has 126 valence electrons. The summed E-state index contributed by atoms with van der Waals surface area (Å²) in [5.41, 5.74) is 0.493. The maximum Gasteiger partial charge on any atom is 0.251 e. The van der Waals surface area contributed by atoms with E-state index >= 15 is 0 Å². The van der Waals surface area contributed by atoms with Gasteiger partial charge < -0.3 is 19.2 Å². The average Bonchev–Trinajstić information content (AvgIpc) is 3.39. The van der Waals surface area contributed by atoms with Crippen LogP contribution in [0.15, 0.2) is 53.1 Å². The third kappa shape index (κ3) is 3.14. The molecule has 0 radical (unpaired) electrons. The zero-order valence-corrected chi connectivity index (χ0v) is 13.8. The number of fused-ring (bicyclic) bond motifs is 1. The van der Waals surface area contributed by atoms with Crippen LogP contribution >= 0.6 is 11.3 Å². The third-order valence-electron chi connectivity index (χ3n) is 3.69. The summed E-state index contributed by atoms with van der Waals surface area (Å²) in [5.74, 6) is 1.12. The van der Waals surface area contributed by atoms with Gasteiger partial charge in [0.05, 0.1) is 17.7 Å². The summed E-state index contributed by atoms with van der Waals surface area (Å²) in [6.07, 6.45) is 1.47. The molecule has 0 atom stereocenters. The zero-order chi connectivity index (χ0) is 17.2. The number of hydrogen-bond donors (Lipinski definition) is 1. The minimum atomic E-state index is -0.217.